The van der Waals surface area contributed by atoms with Crippen LogP contribution in [-0.2, 0) is 4.79 Å². The van der Waals surface area contributed by atoms with Gasteiger partial charge >= 0.3 is 0 Å². The van der Waals surface area contributed by atoms with Crippen molar-refractivity contribution in [2.75, 3.05) is 5.32 Å². The van der Waals surface area contributed by atoms with Crippen LogP contribution in [0.3, 0.4) is 0 Å². The van der Waals surface area contributed by atoms with Gasteiger partial charge in [0.05, 0.1) is 6.26 Å². The normalized spacial score (nSPS) is 11.1. The number of oxazole rings is 1. The Balaban J connectivity index is 1.49. The maximum atomic E-state index is 12.0. The Hall–Kier alpha value is -3.42. The number of carbonyl (C=O) groups is 1. The summed E-state index contributed by atoms with van der Waals surface area (Å²) in [7, 11) is 0. The maximum Gasteiger partial charge on any atom is 0.250 e. The first kappa shape index (κ1) is 19.9. The van der Waals surface area contributed by atoms with E-state index in [2.05, 4.69) is 15.6 Å². The summed E-state index contributed by atoms with van der Waals surface area (Å²) in [6.45, 7) is 1.92. The summed E-state index contributed by atoms with van der Waals surface area (Å²) in [4.78, 5) is 16.6. The van der Waals surface area contributed by atoms with Gasteiger partial charge in [0.25, 0.3) is 0 Å². The summed E-state index contributed by atoms with van der Waals surface area (Å²) in [5.74, 6) is 0.686. The summed E-state index contributed by atoms with van der Waals surface area (Å²) in [5, 5.41) is 6.41. The zero-order valence-corrected chi connectivity index (χ0v) is 17.4. The average molecular weight is 438 g/mol. The molecule has 2 heterocycles. The van der Waals surface area contributed by atoms with Gasteiger partial charge in [0.1, 0.15) is 11.3 Å². The van der Waals surface area contributed by atoms with Crippen LogP contribution in [0, 0.1) is 6.92 Å². The predicted molar refractivity (Wildman–Crippen MR) is 121 cm³/mol. The molecule has 8 heteroatoms. The van der Waals surface area contributed by atoms with Crippen molar-refractivity contribution in [2.24, 2.45) is 0 Å². The lowest BCUT2D eigenvalue weighted by molar-refractivity contribution is -0.115. The average Bonchev–Trinajstić information content (AvgIpc) is 3.37. The fourth-order valence-corrected chi connectivity index (χ4v) is 3.25. The molecule has 4 rings (SSSR count). The predicted octanol–water partition coefficient (Wildman–Crippen LogP) is 5.58. The van der Waals surface area contributed by atoms with Crippen molar-refractivity contribution < 1.29 is 13.6 Å². The first-order chi connectivity index (χ1) is 14.5. The second kappa shape index (κ2) is 8.52. The van der Waals surface area contributed by atoms with Crippen molar-refractivity contribution in [3.8, 4) is 11.5 Å². The summed E-state index contributed by atoms with van der Waals surface area (Å²) in [5.41, 5.74) is 3.74. The summed E-state index contributed by atoms with van der Waals surface area (Å²) < 4.78 is 11.0. The monoisotopic (exact) mass is 437 g/mol. The van der Waals surface area contributed by atoms with Gasteiger partial charge < -0.3 is 14.2 Å². The Kier molecular flexibility index (Phi) is 5.65. The Bertz CT molecular complexity index is 1260. The molecule has 0 aliphatic heterocycles. The number of halogens is 1. The molecule has 1 amide bonds. The van der Waals surface area contributed by atoms with E-state index in [4.69, 9.17) is 32.7 Å². The standard InChI is InChI=1S/C22H16ClN3O3S/c1-13-16(21-24-18-12-14(23)7-9-19(18)29-21)5-2-6-17(13)25-22(30)26-20(27)10-8-15-4-3-11-28-15/h2-12H,1H3,(H2,25,26,27,30). The van der Waals surface area contributed by atoms with Crippen LogP contribution in [0.5, 0.6) is 0 Å². The van der Waals surface area contributed by atoms with E-state index >= 15 is 0 Å². The maximum absolute atomic E-state index is 12.0. The number of rotatable bonds is 4. The molecule has 0 aliphatic rings. The molecule has 4 aromatic rings. The molecular formula is C22H16ClN3O3S. The molecule has 0 fully saturated rings. The Labute approximate surface area is 182 Å². The number of nitrogens with zero attached hydrogens (tertiary/aromatic N) is 1. The Morgan fingerprint density at radius 2 is 2.07 bits per heavy atom. The van der Waals surface area contributed by atoms with Gasteiger partial charge in [-0.1, -0.05) is 17.7 Å². The number of hydrogen-bond acceptors (Lipinski definition) is 5. The number of nitrogens with one attached hydrogen (secondary N) is 2. The first-order valence-electron chi connectivity index (χ1n) is 8.99. The molecule has 0 unspecified atom stereocenters. The van der Waals surface area contributed by atoms with E-state index in [-0.39, 0.29) is 11.0 Å². The molecule has 0 bridgehead atoms. The highest BCUT2D eigenvalue weighted by atomic mass is 35.5. The zero-order valence-electron chi connectivity index (χ0n) is 15.8. The van der Waals surface area contributed by atoms with Crippen LogP contribution in [0.4, 0.5) is 5.69 Å². The van der Waals surface area contributed by atoms with E-state index in [1.54, 1.807) is 36.4 Å². The highest BCUT2D eigenvalue weighted by molar-refractivity contribution is 7.80. The fraction of sp³-hybridized carbons (Fsp3) is 0.0455. The van der Waals surface area contributed by atoms with E-state index in [1.807, 2.05) is 25.1 Å². The van der Waals surface area contributed by atoms with Gasteiger partial charge in [0.15, 0.2) is 10.7 Å². The number of hydrogen-bond donors (Lipinski definition) is 2. The number of furan rings is 1. The number of carbonyl (C=O) groups excluding carboxylic acids is 1. The molecule has 6 nitrogen and oxygen atoms in total. The first-order valence-corrected chi connectivity index (χ1v) is 9.78. The number of aromatic nitrogens is 1. The topological polar surface area (TPSA) is 80.3 Å². The highest BCUT2D eigenvalue weighted by Gasteiger charge is 2.14. The number of anilines is 1. The van der Waals surface area contributed by atoms with Crippen molar-refractivity contribution >= 4 is 57.7 Å². The van der Waals surface area contributed by atoms with Crippen LogP contribution >= 0.6 is 23.8 Å². The molecule has 0 spiro atoms. The molecule has 0 atom stereocenters. The fourth-order valence-electron chi connectivity index (χ4n) is 2.87. The van der Waals surface area contributed by atoms with Crippen molar-refractivity contribution in [1.29, 1.82) is 0 Å². The largest absolute Gasteiger partial charge is 0.465 e. The third kappa shape index (κ3) is 4.42. The van der Waals surface area contributed by atoms with Crippen LogP contribution in [0.1, 0.15) is 11.3 Å². The van der Waals surface area contributed by atoms with Gasteiger partial charge in [0, 0.05) is 22.3 Å². The minimum atomic E-state index is -0.367. The number of benzene rings is 2. The van der Waals surface area contributed by atoms with Gasteiger partial charge in [-0.2, -0.15) is 0 Å². The van der Waals surface area contributed by atoms with Crippen LogP contribution < -0.4 is 10.6 Å². The Morgan fingerprint density at radius 1 is 1.20 bits per heavy atom. The number of amides is 1. The quantitative estimate of drug-likeness (QED) is 0.320. The van der Waals surface area contributed by atoms with E-state index < -0.39 is 0 Å². The lowest BCUT2D eigenvalue weighted by atomic mass is 10.1. The van der Waals surface area contributed by atoms with Crippen LogP contribution in [-0.4, -0.2) is 16.0 Å². The molecule has 2 N–H and O–H groups in total. The van der Waals surface area contributed by atoms with E-state index in [1.165, 1.54) is 12.3 Å². The lowest BCUT2D eigenvalue weighted by Crippen LogP contribution is -2.33. The van der Waals surface area contributed by atoms with Crippen molar-refractivity contribution in [3.05, 3.63) is 77.2 Å². The van der Waals surface area contributed by atoms with E-state index in [9.17, 15) is 4.79 Å². The molecule has 0 aliphatic carbocycles. The van der Waals surface area contributed by atoms with Crippen molar-refractivity contribution in [3.63, 3.8) is 0 Å². The van der Waals surface area contributed by atoms with Crippen LogP contribution in [0.2, 0.25) is 5.02 Å². The highest BCUT2D eigenvalue weighted by Crippen LogP contribution is 2.31. The number of fused-ring (bicyclic) bond motifs is 1. The SMILES string of the molecule is Cc1c(NC(=S)NC(=O)C=Cc2ccco2)cccc1-c1nc2cc(Cl)ccc2o1. The molecule has 150 valence electrons. The smallest absolute Gasteiger partial charge is 0.250 e. The van der Waals surface area contributed by atoms with Gasteiger partial charge in [0.2, 0.25) is 11.8 Å². The number of thiocarbonyl (C=S) groups is 1. The van der Waals surface area contributed by atoms with Gasteiger partial charge in [-0.05, 0) is 73.2 Å². The van der Waals surface area contributed by atoms with Gasteiger partial charge in [-0.3, -0.25) is 10.1 Å². The molecule has 2 aromatic carbocycles. The van der Waals surface area contributed by atoms with Crippen LogP contribution in [0.25, 0.3) is 28.6 Å². The van der Waals surface area contributed by atoms with Crippen molar-refractivity contribution in [1.82, 2.24) is 10.3 Å². The van der Waals surface area contributed by atoms with Crippen molar-refractivity contribution in [2.45, 2.75) is 6.92 Å². The van der Waals surface area contributed by atoms with Gasteiger partial charge in [-0.15, -0.1) is 0 Å². The van der Waals surface area contributed by atoms with Gasteiger partial charge in [-0.25, -0.2) is 4.98 Å². The molecule has 2 aromatic heterocycles. The summed E-state index contributed by atoms with van der Waals surface area (Å²) in [6.07, 6.45) is 4.44. The minimum Gasteiger partial charge on any atom is -0.465 e. The molecule has 0 saturated carbocycles. The lowest BCUT2D eigenvalue weighted by Gasteiger charge is -2.12. The Morgan fingerprint density at radius 3 is 2.87 bits per heavy atom. The summed E-state index contributed by atoms with van der Waals surface area (Å²) >= 11 is 11.3. The second-order valence-electron chi connectivity index (χ2n) is 6.40. The third-order valence-corrected chi connectivity index (χ3v) is 4.78. The molecule has 0 saturated heterocycles. The zero-order chi connectivity index (χ0) is 21.1. The minimum absolute atomic E-state index is 0.175. The third-order valence-electron chi connectivity index (χ3n) is 4.34. The van der Waals surface area contributed by atoms with E-state index in [0.717, 1.165) is 16.8 Å². The van der Waals surface area contributed by atoms with Crippen LogP contribution in [0.15, 0.2) is 69.7 Å². The van der Waals surface area contributed by atoms with E-state index in [0.29, 0.717) is 27.8 Å². The summed E-state index contributed by atoms with van der Waals surface area (Å²) in [6, 6.07) is 14.4. The molecule has 0 radical (unpaired) electrons. The second-order valence-corrected chi connectivity index (χ2v) is 7.25. The molecule has 30 heavy (non-hydrogen) atoms. The molecular weight excluding hydrogens is 422 g/mol.